The average molecular weight is 236 g/mol. The van der Waals surface area contributed by atoms with Crippen LogP contribution in [0.15, 0.2) is 30.3 Å². The van der Waals surface area contributed by atoms with Crippen molar-refractivity contribution in [2.24, 2.45) is 0 Å². The number of hydrogen-bond donors (Lipinski definition) is 1. The van der Waals surface area contributed by atoms with Crippen LogP contribution in [0.2, 0.25) is 0 Å². The first-order valence-corrected chi connectivity index (χ1v) is 6.92. The number of nitriles is 1. The Morgan fingerprint density at radius 3 is 2.69 bits per heavy atom. The molecule has 86 valence electrons. The van der Waals surface area contributed by atoms with Crippen LogP contribution in [0.4, 0.5) is 0 Å². The highest BCUT2D eigenvalue weighted by Crippen LogP contribution is 2.12. The predicted molar refractivity (Wildman–Crippen MR) is 66.6 cm³/mol. The molecule has 0 saturated carbocycles. The Morgan fingerprint density at radius 2 is 2.12 bits per heavy atom. The molecule has 1 N–H and O–H groups in total. The van der Waals surface area contributed by atoms with E-state index in [1.165, 1.54) is 0 Å². The molecular formula is C12H16N2OS. The summed E-state index contributed by atoms with van der Waals surface area (Å²) in [4.78, 5) is 0. The number of benzene rings is 1. The van der Waals surface area contributed by atoms with Gasteiger partial charge in [-0.3, -0.25) is 4.21 Å². The summed E-state index contributed by atoms with van der Waals surface area (Å²) in [5, 5.41) is 12.2. The fourth-order valence-corrected chi connectivity index (χ4v) is 1.82. The summed E-state index contributed by atoms with van der Waals surface area (Å²) in [5.74, 6) is 0.499. The molecule has 0 aliphatic rings. The van der Waals surface area contributed by atoms with Crippen LogP contribution in [-0.2, 0) is 10.8 Å². The van der Waals surface area contributed by atoms with Gasteiger partial charge in [-0.25, -0.2) is 0 Å². The molecule has 1 aromatic rings. The van der Waals surface area contributed by atoms with Gasteiger partial charge < -0.3 is 5.32 Å². The lowest BCUT2D eigenvalue weighted by molar-refractivity contribution is 0.662. The Morgan fingerprint density at radius 1 is 1.44 bits per heavy atom. The maximum Gasteiger partial charge on any atom is 0.0837 e. The number of hydrogen-bond acceptors (Lipinski definition) is 3. The Hall–Kier alpha value is -1.18. The zero-order valence-corrected chi connectivity index (χ0v) is 10.2. The van der Waals surface area contributed by atoms with E-state index in [0.717, 1.165) is 5.56 Å². The normalized spacial score (nSPS) is 14.0. The van der Waals surface area contributed by atoms with E-state index in [4.69, 9.17) is 5.26 Å². The van der Waals surface area contributed by atoms with Crippen molar-refractivity contribution in [2.75, 3.05) is 25.1 Å². The summed E-state index contributed by atoms with van der Waals surface area (Å²) in [7, 11) is -0.772. The smallest absolute Gasteiger partial charge is 0.0837 e. The van der Waals surface area contributed by atoms with Crippen molar-refractivity contribution in [1.82, 2.24) is 5.32 Å². The molecule has 0 aromatic heterocycles. The maximum atomic E-state index is 10.8. The van der Waals surface area contributed by atoms with E-state index in [1.807, 2.05) is 30.3 Å². The summed E-state index contributed by atoms with van der Waals surface area (Å²) >= 11 is 0. The van der Waals surface area contributed by atoms with Crippen molar-refractivity contribution < 1.29 is 4.21 Å². The highest BCUT2D eigenvalue weighted by molar-refractivity contribution is 7.84. The minimum Gasteiger partial charge on any atom is -0.314 e. The van der Waals surface area contributed by atoms with Gasteiger partial charge in [-0.2, -0.15) is 5.26 Å². The van der Waals surface area contributed by atoms with E-state index in [-0.39, 0.29) is 5.92 Å². The Bertz CT molecular complexity index is 372. The van der Waals surface area contributed by atoms with Crippen molar-refractivity contribution in [3.63, 3.8) is 0 Å². The SMILES string of the molecule is CS(=O)CCNCC(C#N)c1ccccc1. The molecule has 3 nitrogen and oxygen atoms in total. The van der Waals surface area contributed by atoms with Crippen LogP contribution < -0.4 is 5.32 Å². The fraction of sp³-hybridized carbons (Fsp3) is 0.417. The third-order valence-electron chi connectivity index (χ3n) is 2.27. The van der Waals surface area contributed by atoms with Crippen LogP contribution in [0.25, 0.3) is 0 Å². The standard InChI is InChI=1S/C12H16N2OS/c1-16(15)8-7-14-10-12(9-13)11-5-3-2-4-6-11/h2-6,12,14H,7-8,10H2,1H3. The lowest BCUT2D eigenvalue weighted by Crippen LogP contribution is -2.25. The van der Waals surface area contributed by atoms with Crippen molar-refractivity contribution in [2.45, 2.75) is 5.92 Å². The summed E-state index contributed by atoms with van der Waals surface area (Å²) in [6.07, 6.45) is 1.68. The molecule has 0 amide bonds. The van der Waals surface area contributed by atoms with Gasteiger partial charge in [0.25, 0.3) is 0 Å². The molecule has 2 atom stereocenters. The molecule has 2 unspecified atom stereocenters. The van der Waals surface area contributed by atoms with Crippen molar-refractivity contribution in [3.05, 3.63) is 35.9 Å². The fourth-order valence-electron chi connectivity index (χ4n) is 1.39. The molecule has 0 spiro atoms. The van der Waals surface area contributed by atoms with Gasteiger partial charge in [-0.05, 0) is 5.56 Å². The lowest BCUT2D eigenvalue weighted by Gasteiger charge is -2.10. The first-order chi connectivity index (χ1) is 7.74. The van der Waals surface area contributed by atoms with Gasteiger partial charge in [0, 0.05) is 35.9 Å². The summed E-state index contributed by atoms with van der Waals surface area (Å²) in [5.41, 5.74) is 1.02. The molecular weight excluding hydrogens is 220 g/mol. The van der Waals surface area contributed by atoms with Crippen LogP contribution in [0, 0.1) is 11.3 Å². The van der Waals surface area contributed by atoms with Gasteiger partial charge in [-0.1, -0.05) is 30.3 Å². The number of nitrogens with zero attached hydrogens (tertiary/aromatic N) is 1. The van der Waals surface area contributed by atoms with Gasteiger partial charge in [0.05, 0.1) is 12.0 Å². The number of nitrogens with one attached hydrogen (secondary N) is 1. The van der Waals surface area contributed by atoms with Crippen LogP contribution in [0.1, 0.15) is 11.5 Å². The summed E-state index contributed by atoms with van der Waals surface area (Å²) in [6, 6.07) is 12.0. The van der Waals surface area contributed by atoms with Crippen LogP contribution in [-0.4, -0.2) is 29.3 Å². The maximum absolute atomic E-state index is 10.8. The molecule has 0 aliphatic carbocycles. The number of rotatable bonds is 6. The molecule has 0 bridgehead atoms. The highest BCUT2D eigenvalue weighted by atomic mass is 32.2. The zero-order chi connectivity index (χ0) is 11.8. The van der Waals surface area contributed by atoms with Gasteiger partial charge in [0.1, 0.15) is 0 Å². The average Bonchev–Trinajstić information content (AvgIpc) is 2.30. The van der Waals surface area contributed by atoms with E-state index in [0.29, 0.717) is 18.8 Å². The minimum atomic E-state index is -0.772. The molecule has 0 heterocycles. The molecule has 4 heteroatoms. The molecule has 0 fully saturated rings. The van der Waals surface area contributed by atoms with Crippen LogP contribution >= 0.6 is 0 Å². The highest BCUT2D eigenvalue weighted by Gasteiger charge is 2.08. The predicted octanol–water partition coefficient (Wildman–Crippen LogP) is 1.26. The van der Waals surface area contributed by atoms with Gasteiger partial charge in [0.15, 0.2) is 0 Å². The molecule has 1 rings (SSSR count). The molecule has 0 saturated heterocycles. The first-order valence-electron chi connectivity index (χ1n) is 5.19. The van der Waals surface area contributed by atoms with E-state index in [9.17, 15) is 4.21 Å². The second-order valence-electron chi connectivity index (χ2n) is 3.57. The lowest BCUT2D eigenvalue weighted by atomic mass is 10.0. The Kier molecular flexibility index (Phi) is 5.76. The first kappa shape index (κ1) is 12.9. The van der Waals surface area contributed by atoms with Crippen molar-refractivity contribution in [3.8, 4) is 6.07 Å². The second-order valence-corrected chi connectivity index (χ2v) is 5.13. The minimum absolute atomic E-state index is 0.133. The van der Waals surface area contributed by atoms with E-state index >= 15 is 0 Å². The molecule has 0 aliphatic heterocycles. The molecule has 1 aromatic carbocycles. The Balaban J connectivity index is 2.39. The third-order valence-corrected chi connectivity index (χ3v) is 3.05. The topological polar surface area (TPSA) is 52.9 Å². The van der Waals surface area contributed by atoms with E-state index < -0.39 is 10.8 Å². The summed E-state index contributed by atoms with van der Waals surface area (Å²) < 4.78 is 10.8. The van der Waals surface area contributed by atoms with Crippen molar-refractivity contribution >= 4 is 10.8 Å². The molecule has 16 heavy (non-hydrogen) atoms. The van der Waals surface area contributed by atoms with Crippen molar-refractivity contribution in [1.29, 1.82) is 5.26 Å². The van der Waals surface area contributed by atoms with E-state index in [1.54, 1.807) is 6.26 Å². The third kappa shape index (κ3) is 4.56. The van der Waals surface area contributed by atoms with Gasteiger partial charge in [-0.15, -0.1) is 0 Å². The monoisotopic (exact) mass is 236 g/mol. The largest absolute Gasteiger partial charge is 0.314 e. The van der Waals surface area contributed by atoms with Crippen LogP contribution in [0.3, 0.4) is 0 Å². The zero-order valence-electron chi connectivity index (χ0n) is 9.35. The van der Waals surface area contributed by atoms with Crippen LogP contribution in [0.5, 0.6) is 0 Å². The van der Waals surface area contributed by atoms with Gasteiger partial charge >= 0.3 is 0 Å². The summed E-state index contributed by atoms with van der Waals surface area (Å²) in [6.45, 7) is 1.30. The van der Waals surface area contributed by atoms with E-state index in [2.05, 4.69) is 11.4 Å². The molecule has 0 radical (unpaired) electrons. The Labute approximate surface area is 98.9 Å². The van der Waals surface area contributed by atoms with Gasteiger partial charge in [0.2, 0.25) is 0 Å². The second kappa shape index (κ2) is 7.15. The quantitative estimate of drug-likeness (QED) is 0.757.